The fourth-order valence-electron chi connectivity index (χ4n) is 1.92. The molecule has 0 bridgehead atoms. The molecule has 76 valence electrons. The summed E-state index contributed by atoms with van der Waals surface area (Å²) in [4.78, 5) is 2.49. The highest BCUT2D eigenvalue weighted by molar-refractivity contribution is 4.96. The van der Waals surface area contributed by atoms with Crippen LogP contribution in [-0.2, 0) is 0 Å². The van der Waals surface area contributed by atoms with Crippen molar-refractivity contribution in [1.29, 1.82) is 0 Å². The molecule has 1 rings (SSSR count). The summed E-state index contributed by atoms with van der Waals surface area (Å²) in [6.45, 7) is 10.5. The van der Waals surface area contributed by atoms with E-state index in [-0.39, 0.29) is 0 Å². The average molecular weight is 182 g/mol. The maximum Gasteiger partial charge on any atom is 0.0190 e. The van der Waals surface area contributed by atoms with E-state index in [2.05, 4.69) is 18.4 Å². The maximum atomic E-state index is 5.68. The summed E-state index contributed by atoms with van der Waals surface area (Å²) in [7, 11) is 0. The van der Waals surface area contributed by atoms with E-state index in [1.54, 1.807) is 0 Å². The lowest BCUT2D eigenvalue weighted by molar-refractivity contribution is 0.190. The van der Waals surface area contributed by atoms with Crippen LogP contribution in [0.2, 0.25) is 0 Å². The summed E-state index contributed by atoms with van der Waals surface area (Å²) in [5.41, 5.74) is 7.02. The second-order valence-corrected chi connectivity index (χ2v) is 4.08. The van der Waals surface area contributed by atoms with Gasteiger partial charge < -0.3 is 5.73 Å². The molecule has 2 N–H and O–H groups in total. The van der Waals surface area contributed by atoms with E-state index >= 15 is 0 Å². The van der Waals surface area contributed by atoms with Crippen LogP contribution in [0.15, 0.2) is 12.2 Å². The van der Waals surface area contributed by atoms with Crippen LogP contribution in [0.4, 0.5) is 0 Å². The molecule has 0 aliphatic carbocycles. The SMILES string of the molecule is C=C(CC)CN1CCCC(CN)C1. The summed E-state index contributed by atoms with van der Waals surface area (Å²) < 4.78 is 0. The summed E-state index contributed by atoms with van der Waals surface area (Å²) in [5.74, 6) is 0.721. The van der Waals surface area contributed by atoms with Crippen molar-refractivity contribution < 1.29 is 0 Å². The largest absolute Gasteiger partial charge is 0.330 e. The van der Waals surface area contributed by atoms with Crippen molar-refractivity contribution in [3.63, 3.8) is 0 Å². The molecule has 2 nitrogen and oxygen atoms in total. The third-order valence-corrected chi connectivity index (χ3v) is 2.88. The van der Waals surface area contributed by atoms with Crippen LogP contribution in [0.3, 0.4) is 0 Å². The quantitative estimate of drug-likeness (QED) is 0.669. The molecule has 1 atom stereocenters. The molecule has 0 aromatic rings. The standard InChI is InChI=1S/C11H22N2/c1-3-10(2)8-13-6-4-5-11(7-12)9-13/h11H,2-9,12H2,1H3. The number of likely N-dealkylation sites (tertiary alicyclic amines) is 1. The first-order valence-electron chi connectivity index (χ1n) is 5.35. The van der Waals surface area contributed by atoms with Crippen molar-refractivity contribution in [2.24, 2.45) is 11.7 Å². The topological polar surface area (TPSA) is 29.3 Å². The number of nitrogens with two attached hydrogens (primary N) is 1. The van der Waals surface area contributed by atoms with Gasteiger partial charge in [0.15, 0.2) is 0 Å². The van der Waals surface area contributed by atoms with Gasteiger partial charge >= 0.3 is 0 Å². The Hall–Kier alpha value is -0.340. The van der Waals surface area contributed by atoms with Gasteiger partial charge in [-0.1, -0.05) is 19.1 Å². The van der Waals surface area contributed by atoms with E-state index in [1.165, 1.54) is 31.5 Å². The zero-order valence-corrected chi connectivity index (χ0v) is 8.76. The van der Waals surface area contributed by atoms with E-state index in [9.17, 15) is 0 Å². The van der Waals surface area contributed by atoms with E-state index in [0.717, 1.165) is 25.4 Å². The molecular weight excluding hydrogens is 160 g/mol. The van der Waals surface area contributed by atoms with E-state index < -0.39 is 0 Å². The highest BCUT2D eigenvalue weighted by Crippen LogP contribution is 2.16. The van der Waals surface area contributed by atoms with Gasteiger partial charge in [0.25, 0.3) is 0 Å². The van der Waals surface area contributed by atoms with Gasteiger partial charge in [0, 0.05) is 13.1 Å². The summed E-state index contributed by atoms with van der Waals surface area (Å²) in [5, 5.41) is 0. The summed E-state index contributed by atoms with van der Waals surface area (Å²) in [6.07, 6.45) is 3.72. The van der Waals surface area contributed by atoms with Gasteiger partial charge in [-0.15, -0.1) is 0 Å². The van der Waals surface area contributed by atoms with Crippen molar-refractivity contribution in [3.05, 3.63) is 12.2 Å². The Bertz CT molecular complexity index is 165. The molecule has 0 spiro atoms. The summed E-state index contributed by atoms with van der Waals surface area (Å²) >= 11 is 0. The molecule has 1 aliphatic heterocycles. The molecule has 0 aromatic carbocycles. The Morgan fingerprint density at radius 1 is 1.62 bits per heavy atom. The molecule has 1 saturated heterocycles. The van der Waals surface area contributed by atoms with Gasteiger partial charge in [0.05, 0.1) is 0 Å². The van der Waals surface area contributed by atoms with Crippen molar-refractivity contribution >= 4 is 0 Å². The zero-order valence-electron chi connectivity index (χ0n) is 8.76. The average Bonchev–Trinajstić information content (AvgIpc) is 2.18. The first-order chi connectivity index (χ1) is 6.26. The molecule has 2 heteroatoms. The number of rotatable bonds is 4. The van der Waals surface area contributed by atoms with Gasteiger partial charge in [0.1, 0.15) is 0 Å². The number of nitrogens with zero attached hydrogens (tertiary/aromatic N) is 1. The Kier molecular flexibility index (Phi) is 4.46. The van der Waals surface area contributed by atoms with Gasteiger partial charge in [0.2, 0.25) is 0 Å². The van der Waals surface area contributed by atoms with Crippen LogP contribution >= 0.6 is 0 Å². The number of piperidine rings is 1. The molecule has 1 unspecified atom stereocenters. The van der Waals surface area contributed by atoms with E-state index in [4.69, 9.17) is 5.73 Å². The normalized spacial score (nSPS) is 24.6. The number of hydrogen-bond donors (Lipinski definition) is 1. The molecule has 0 saturated carbocycles. The second kappa shape index (κ2) is 5.40. The first-order valence-corrected chi connectivity index (χ1v) is 5.35. The first kappa shape index (κ1) is 10.7. The molecule has 1 fully saturated rings. The molecule has 0 aromatic heterocycles. The second-order valence-electron chi connectivity index (χ2n) is 4.08. The zero-order chi connectivity index (χ0) is 9.68. The van der Waals surface area contributed by atoms with Crippen LogP contribution in [-0.4, -0.2) is 31.1 Å². The molecule has 1 heterocycles. The van der Waals surface area contributed by atoms with E-state index in [0.29, 0.717) is 0 Å². The minimum Gasteiger partial charge on any atom is -0.330 e. The van der Waals surface area contributed by atoms with Crippen molar-refractivity contribution in [2.75, 3.05) is 26.2 Å². The smallest absolute Gasteiger partial charge is 0.0190 e. The highest BCUT2D eigenvalue weighted by Gasteiger charge is 2.18. The van der Waals surface area contributed by atoms with Crippen LogP contribution in [0.1, 0.15) is 26.2 Å². The van der Waals surface area contributed by atoms with Gasteiger partial charge in [-0.3, -0.25) is 4.90 Å². The fourth-order valence-corrected chi connectivity index (χ4v) is 1.92. The maximum absolute atomic E-state index is 5.68. The molecular formula is C11H22N2. The number of hydrogen-bond acceptors (Lipinski definition) is 2. The Balaban J connectivity index is 2.29. The van der Waals surface area contributed by atoms with Crippen LogP contribution < -0.4 is 5.73 Å². The van der Waals surface area contributed by atoms with Crippen LogP contribution in [0, 0.1) is 5.92 Å². The lowest BCUT2D eigenvalue weighted by Crippen LogP contribution is -2.39. The predicted octanol–water partition coefficient (Wildman–Crippen LogP) is 1.62. The molecule has 13 heavy (non-hydrogen) atoms. The lowest BCUT2D eigenvalue weighted by Gasteiger charge is -2.32. The molecule has 0 amide bonds. The third-order valence-electron chi connectivity index (χ3n) is 2.88. The van der Waals surface area contributed by atoms with Gasteiger partial charge in [-0.25, -0.2) is 0 Å². The van der Waals surface area contributed by atoms with Crippen LogP contribution in [0.5, 0.6) is 0 Å². The Labute approximate surface area is 81.8 Å². The molecule has 0 radical (unpaired) electrons. The predicted molar refractivity (Wildman–Crippen MR) is 57.6 cm³/mol. The lowest BCUT2D eigenvalue weighted by atomic mass is 9.98. The van der Waals surface area contributed by atoms with Crippen molar-refractivity contribution in [3.8, 4) is 0 Å². The molecule has 1 aliphatic rings. The Morgan fingerprint density at radius 3 is 3.00 bits per heavy atom. The Morgan fingerprint density at radius 2 is 2.38 bits per heavy atom. The van der Waals surface area contributed by atoms with Crippen LogP contribution in [0.25, 0.3) is 0 Å². The van der Waals surface area contributed by atoms with Crippen molar-refractivity contribution in [1.82, 2.24) is 4.90 Å². The summed E-state index contributed by atoms with van der Waals surface area (Å²) in [6, 6.07) is 0. The minimum absolute atomic E-state index is 0.721. The van der Waals surface area contributed by atoms with Gasteiger partial charge in [-0.2, -0.15) is 0 Å². The monoisotopic (exact) mass is 182 g/mol. The van der Waals surface area contributed by atoms with Gasteiger partial charge in [-0.05, 0) is 38.3 Å². The highest BCUT2D eigenvalue weighted by atomic mass is 15.1. The van der Waals surface area contributed by atoms with Crippen molar-refractivity contribution in [2.45, 2.75) is 26.2 Å². The third kappa shape index (κ3) is 3.49. The van der Waals surface area contributed by atoms with E-state index in [1.807, 2.05) is 0 Å². The minimum atomic E-state index is 0.721. The fraction of sp³-hybridized carbons (Fsp3) is 0.818.